The number of carbonyl (C=O) groups excluding carboxylic acids is 1. The number of carbonyl (C=O) groups is 1. The minimum Gasteiger partial charge on any atom is -0.317 e. The number of anilines is 1. The van der Waals surface area contributed by atoms with Crippen molar-refractivity contribution in [1.82, 2.24) is 0 Å². The first-order chi connectivity index (χ1) is 9.79. The molecule has 0 saturated carbocycles. The molecule has 102 valence electrons. The maximum Gasteiger partial charge on any atom is 0.225 e. The lowest BCUT2D eigenvalue weighted by atomic mass is 10.3. The number of thioether (sulfide) groups is 1. The Hall–Kier alpha value is -1.77. The maximum atomic E-state index is 11.8. The zero-order valence-corrected chi connectivity index (χ0v) is 12.5. The molecule has 1 aromatic heterocycles. The molecule has 0 unspecified atom stereocenters. The Morgan fingerprint density at radius 2 is 2.10 bits per heavy atom. The second-order valence-corrected chi connectivity index (χ2v) is 6.17. The first-order valence-electron chi connectivity index (χ1n) is 6.25. The van der Waals surface area contributed by atoms with Crippen LogP contribution in [-0.2, 0) is 4.79 Å². The minimum atomic E-state index is -0.0300. The van der Waals surface area contributed by atoms with Crippen LogP contribution in [0.5, 0.6) is 0 Å². The average molecular weight is 302 g/mol. The van der Waals surface area contributed by atoms with Crippen molar-refractivity contribution in [3.63, 3.8) is 0 Å². The van der Waals surface area contributed by atoms with Gasteiger partial charge in [-0.25, -0.2) is 0 Å². The van der Waals surface area contributed by atoms with Crippen LogP contribution in [0, 0.1) is 11.3 Å². The number of nitriles is 1. The van der Waals surface area contributed by atoms with E-state index in [-0.39, 0.29) is 5.91 Å². The van der Waals surface area contributed by atoms with E-state index in [4.69, 9.17) is 5.26 Å². The molecule has 0 saturated heterocycles. The number of hydrogen-bond donors (Lipinski definition) is 1. The van der Waals surface area contributed by atoms with E-state index in [1.54, 1.807) is 23.2 Å². The molecule has 1 N–H and O–H groups in total. The summed E-state index contributed by atoms with van der Waals surface area (Å²) in [5.41, 5.74) is 0.530. The van der Waals surface area contributed by atoms with Gasteiger partial charge in [0.2, 0.25) is 5.91 Å². The second kappa shape index (κ2) is 7.73. The van der Waals surface area contributed by atoms with Crippen LogP contribution in [0.4, 0.5) is 5.00 Å². The summed E-state index contributed by atoms with van der Waals surface area (Å²) in [5.74, 6) is 0.880. The quantitative estimate of drug-likeness (QED) is 0.645. The van der Waals surface area contributed by atoms with Crippen molar-refractivity contribution in [3.05, 3.63) is 47.3 Å². The topological polar surface area (TPSA) is 52.9 Å². The predicted octanol–water partition coefficient (Wildman–Crippen LogP) is 4.13. The lowest BCUT2D eigenvalue weighted by molar-refractivity contribution is -0.116. The fourth-order valence-corrected chi connectivity index (χ4v) is 3.25. The molecule has 2 rings (SSSR count). The highest BCUT2D eigenvalue weighted by Crippen LogP contribution is 2.23. The molecule has 1 aromatic carbocycles. The molecule has 0 radical (unpaired) electrons. The zero-order valence-electron chi connectivity index (χ0n) is 10.8. The molecule has 0 atom stereocenters. The number of hydrogen-bond acceptors (Lipinski definition) is 4. The first kappa shape index (κ1) is 14.6. The Morgan fingerprint density at radius 1 is 1.30 bits per heavy atom. The highest BCUT2D eigenvalue weighted by molar-refractivity contribution is 7.99. The number of nitrogens with one attached hydrogen (secondary N) is 1. The molecule has 0 aliphatic heterocycles. The summed E-state index contributed by atoms with van der Waals surface area (Å²) in [5, 5.41) is 14.1. The van der Waals surface area contributed by atoms with E-state index in [9.17, 15) is 4.79 Å². The SMILES string of the molecule is N#Cc1ccsc1NC(=O)CCCSc1ccccc1. The Balaban J connectivity index is 1.70. The van der Waals surface area contributed by atoms with Crippen molar-refractivity contribution in [2.45, 2.75) is 17.7 Å². The van der Waals surface area contributed by atoms with Crippen molar-refractivity contribution in [3.8, 4) is 6.07 Å². The van der Waals surface area contributed by atoms with Crippen LogP contribution in [0.1, 0.15) is 18.4 Å². The summed E-state index contributed by atoms with van der Waals surface area (Å²) < 4.78 is 0. The maximum absolute atomic E-state index is 11.8. The highest BCUT2D eigenvalue weighted by Gasteiger charge is 2.07. The van der Waals surface area contributed by atoms with Gasteiger partial charge in [-0.05, 0) is 35.8 Å². The van der Waals surface area contributed by atoms with Crippen LogP contribution >= 0.6 is 23.1 Å². The van der Waals surface area contributed by atoms with Crippen molar-refractivity contribution in [1.29, 1.82) is 5.26 Å². The molecular formula is C15H14N2OS2. The van der Waals surface area contributed by atoms with Gasteiger partial charge in [0, 0.05) is 11.3 Å². The smallest absolute Gasteiger partial charge is 0.225 e. The number of nitrogens with zero attached hydrogens (tertiary/aromatic N) is 1. The van der Waals surface area contributed by atoms with E-state index < -0.39 is 0 Å². The Morgan fingerprint density at radius 3 is 2.85 bits per heavy atom. The summed E-state index contributed by atoms with van der Waals surface area (Å²) in [6.07, 6.45) is 1.29. The molecule has 5 heteroatoms. The van der Waals surface area contributed by atoms with Crippen LogP contribution in [0.3, 0.4) is 0 Å². The molecular weight excluding hydrogens is 288 g/mol. The molecule has 2 aromatic rings. The van der Waals surface area contributed by atoms with Crippen LogP contribution in [0.25, 0.3) is 0 Å². The van der Waals surface area contributed by atoms with E-state index in [1.165, 1.54) is 16.2 Å². The van der Waals surface area contributed by atoms with Crippen molar-refractivity contribution < 1.29 is 4.79 Å². The fourth-order valence-electron chi connectivity index (χ4n) is 1.62. The fraction of sp³-hybridized carbons (Fsp3) is 0.200. The van der Waals surface area contributed by atoms with E-state index in [1.807, 2.05) is 18.2 Å². The predicted molar refractivity (Wildman–Crippen MR) is 84.1 cm³/mol. The molecule has 0 fully saturated rings. The van der Waals surface area contributed by atoms with Gasteiger partial charge >= 0.3 is 0 Å². The van der Waals surface area contributed by atoms with Gasteiger partial charge in [0.25, 0.3) is 0 Å². The number of thiophene rings is 1. The average Bonchev–Trinajstić information content (AvgIpc) is 2.92. The van der Waals surface area contributed by atoms with Crippen LogP contribution in [0.15, 0.2) is 46.7 Å². The summed E-state index contributed by atoms with van der Waals surface area (Å²) >= 11 is 3.13. The standard InChI is InChI=1S/C15H14N2OS2/c16-11-12-8-10-20-15(12)17-14(18)7-4-9-19-13-5-2-1-3-6-13/h1-3,5-6,8,10H,4,7,9H2,(H,17,18). The van der Waals surface area contributed by atoms with Gasteiger partial charge in [-0.15, -0.1) is 23.1 Å². The lowest BCUT2D eigenvalue weighted by Gasteiger charge is -2.03. The zero-order chi connectivity index (χ0) is 14.2. The lowest BCUT2D eigenvalue weighted by Crippen LogP contribution is -2.11. The van der Waals surface area contributed by atoms with Gasteiger partial charge in [0.1, 0.15) is 11.1 Å². The number of rotatable bonds is 6. The van der Waals surface area contributed by atoms with Crippen molar-refractivity contribution >= 4 is 34.0 Å². The minimum absolute atomic E-state index is 0.0300. The van der Waals surface area contributed by atoms with Crippen LogP contribution in [0.2, 0.25) is 0 Å². The van der Waals surface area contributed by atoms with Gasteiger partial charge in [0.05, 0.1) is 5.56 Å². The molecule has 20 heavy (non-hydrogen) atoms. The summed E-state index contributed by atoms with van der Waals surface area (Å²) in [6.45, 7) is 0. The molecule has 0 spiro atoms. The number of benzene rings is 1. The summed E-state index contributed by atoms with van der Waals surface area (Å²) in [4.78, 5) is 13.0. The molecule has 0 bridgehead atoms. The van der Waals surface area contributed by atoms with Gasteiger partial charge < -0.3 is 5.32 Å². The van der Waals surface area contributed by atoms with E-state index in [0.29, 0.717) is 17.0 Å². The third-order valence-electron chi connectivity index (χ3n) is 2.60. The van der Waals surface area contributed by atoms with Gasteiger partial charge in [-0.3, -0.25) is 4.79 Å². The number of amides is 1. The molecule has 0 aliphatic rings. The molecule has 1 amide bonds. The summed E-state index contributed by atoms with van der Waals surface area (Å²) in [6, 6.07) is 13.9. The monoisotopic (exact) mass is 302 g/mol. The summed E-state index contributed by atoms with van der Waals surface area (Å²) in [7, 11) is 0. The molecule has 0 aliphatic carbocycles. The van der Waals surface area contributed by atoms with E-state index >= 15 is 0 Å². The third-order valence-corrected chi connectivity index (χ3v) is 4.53. The Labute approximate surface area is 126 Å². The molecule has 1 heterocycles. The molecule has 3 nitrogen and oxygen atoms in total. The van der Waals surface area contributed by atoms with Gasteiger partial charge in [-0.2, -0.15) is 5.26 Å². The first-order valence-corrected chi connectivity index (χ1v) is 8.11. The second-order valence-electron chi connectivity index (χ2n) is 4.09. The Kier molecular flexibility index (Phi) is 5.66. The van der Waals surface area contributed by atoms with Crippen molar-refractivity contribution in [2.24, 2.45) is 0 Å². The Bertz CT molecular complexity index is 602. The van der Waals surface area contributed by atoms with E-state index in [2.05, 4.69) is 23.5 Å². The van der Waals surface area contributed by atoms with Gasteiger partial charge in [-0.1, -0.05) is 18.2 Å². The van der Waals surface area contributed by atoms with Gasteiger partial charge in [0.15, 0.2) is 0 Å². The van der Waals surface area contributed by atoms with E-state index in [0.717, 1.165) is 12.2 Å². The van der Waals surface area contributed by atoms with Crippen molar-refractivity contribution in [2.75, 3.05) is 11.1 Å². The highest BCUT2D eigenvalue weighted by atomic mass is 32.2. The van der Waals surface area contributed by atoms with Crippen LogP contribution < -0.4 is 5.32 Å². The third kappa shape index (κ3) is 4.41. The largest absolute Gasteiger partial charge is 0.317 e. The normalized spacial score (nSPS) is 9.95. The van der Waals surface area contributed by atoms with Crippen LogP contribution in [-0.4, -0.2) is 11.7 Å².